The number of hydrogen-bond donors (Lipinski definition) is 0. The molecule has 8 aromatic carbocycles. The zero-order valence-electron chi connectivity index (χ0n) is 30.2. The van der Waals surface area contributed by atoms with Gasteiger partial charge in [0.25, 0.3) is 0 Å². The van der Waals surface area contributed by atoms with E-state index in [1.54, 1.807) is 0 Å². The predicted molar refractivity (Wildman–Crippen MR) is 229 cm³/mol. The SMILES string of the molecule is c1ccc(-c2cccc(-c3nc(-c4ccccc4)nc(-c4ccc5c6ccccc6n(-c6cccc7oc8cccc(-c9ccccc9)c8c67)c5c4)n3)c2)cc1. The molecule has 0 fully saturated rings. The Labute approximate surface area is 322 Å². The summed E-state index contributed by atoms with van der Waals surface area (Å²) < 4.78 is 8.95. The van der Waals surface area contributed by atoms with Crippen molar-refractivity contribution >= 4 is 43.7 Å². The van der Waals surface area contributed by atoms with Crippen LogP contribution in [0.25, 0.3) is 106 Å². The Kier molecular flexibility index (Phi) is 7.42. The van der Waals surface area contributed by atoms with Crippen molar-refractivity contribution in [1.29, 1.82) is 0 Å². The molecule has 262 valence electrons. The van der Waals surface area contributed by atoms with Gasteiger partial charge in [-0.15, -0.1) is 0 Å². The van der Waals surface area contributed by atoms with Crippen LogP contribution in [-0.4, -0.2) is 19.5 Å². The highest BCUT2D eigenvalue weighted by atomic mass is 16.3. The van der Waals surface area contributed by atoms with Crippen LogP contribution in [0.15, 0.2) is 199 Å². The number of para-hydroxylation sites is 1. The predicted octanol–water partition coefficient (Wildman–Crippen LogP) is 13.2. The zero-order valence-corrected chi connectivity index (χ0v) is 30.2. The van der Waals surface area contributed by atoms with Gasteiger partial charge in [-0.05, 0) is 58.7 Å². The fourth-order valence-corrected chi connectivity index (χ4v) is 8.08. The number of aromatic nitrogens is 4. The molecular weight excluding hydrogens is 685 g/mol. The molecule has 0 aliphatic carbocycles. The van der Waals surface area contributed by atoms with Crippen LogP contribution in [0.4, 0.5) is 0 Å². The quantitative estimate of drug-likeness (QED) is 0.172. The van der Waals surface area contributed by atoms with Gasteiger partial charge in [-0.1, -0.05) is 158 Å². The van der Waals surface area contributed by atoms with Gasteiger partial charge in [0.2, 0.25) is 0 Å². The van der Waals surface area contributed by atoms with Gasteiger partial charge in [-0.2, -0.15) is 0 Å². The second-order valence-corrected chi connectivity index (χ2v) is 14.0. The van der Waals surface area contributed by atoms with Crippen molar-refractivity contribution in [1.82, 2.24) is 19.5 Å². The molecule has 0 bridgehead atoms. The average molecular weight is 717 g/mol. The maximum atomic E-state index is 6.58. The summed E-state index contributed by atoms with van der Waals surface area (Å²) in [6, 6.07) is 67.3. The largest absolute Gasteiger partial charge is 0.456 e. The van der Waals surface area contributed by atoms with Crippen LogP contribution in [0.2, 0.25) is 0 Å². The minimum atomic E-state index is 0.607. The third-order valence-electron chi connectivity index (χ3n) is 10.7. The summed E-state index contributed by atoms with van der Waals surface area (Å²) in [4.78, 5) is 15.4. The molecule has 0 saturated heterocycles. The lowest BCUT2D eigenvalue weighted by Crippen LogP contribution is -2.00. The van der Waals surface area contributed by atoms with E-state index in [2.05, 4.69) is 162 Å². The molecule has 5 heteroatoms. The Hall–Kier alpha value is -7.63. The summed E-state index contributed by atoms with van der Waals surface area (Å²) >= 11 is 0. The zero-order chi connectivity index (χ0) is 37.0. The third-order valence-corrected chi connectivity index (χ3v) is 10.7. The van der Waals surface area contributed by atoms with Gasteiger partial charge in [0.1, 0.15) is 11.2 Å². The molecule has 0 saturated carbocycles. The Morgan fingerprint density at radius 2 is 0.875 bits per heavy atom. The first-order valence-electron chi connectivity index (χ1n) is 18.8. The maximum Gasteiger partial charge on any atom is 0.164 e. The van der Waals surface area contributed by atoms with Crippen LogP contribution in [-0.2, 0) is 0 Å². The van der Waals surface area contributed by atoms with E-state index in [0.717, 1.165) is 83.0 Å². The minimum absolute atomic E-state index is 0.607. The first-order valence-corrected chi connectivity index (χ1v) is 18.8. The van der Waals surface area contributed by atoms with Crippen molar-refractivity contribution in [2.75, 3.05) is 0 Å². The number of rotatable bonds is 6. The molecule has 3 heterocycles. The van der Waals surface area contributed by atoms with Gasteiger partial charge in [0.15, 0.2) is 17.5 Å². The Morgan fingerprint density at radius 1 is 0.339 bits per heavy atom. The Bertz CT molecular complexity index is 3240. The van der Waals surface area contributed by atoms with E-state index in [0.29, 0.717) is 17.5 Å². The van der Waals surface area contributed by atoms with Crippen LogP contribution < -0.4 is 0 Å². The van der Waals surface area contributed by atoms with E-state index < -0.39 is 0 Å². The molecular formula is C51H32N4O. The summed E-state index contributed by atoms with van der Waals surface area (Å²) in [5.74, 6) is 1.85. The smallest absolute Gasteiger partial charge is 0.164 e. The molecule has 0 radical (unpaired) electrons. The van der Waals surface area contributed by atoms with Crippen LogP contribution in [0, 0.1) is 0 Å². The number of furan rings is 1. The number of nitrogens with zero attached hydrogens (tertiary/aromatic N) is 4. The Balaban J connectivity index is 1.15. The molecule has 0 unspecified atom stereocenters. The molecule has 5 nitrogen and oxygen atoms in total. The number of benzene rings is 8. The van der Waals surface area contributed by atoms with Gasteiger partial charge in [0, 0.05) is 32.8 Å². The lowest BCUT2D eigenvalue weighted by Gasteiger charge is -2.12. The molecule has 0 aliphatic rings. The summed E-state index contributed by atoms with van der Waals surface area (Å²) in [7, 11) is 0. The lowest BCUT2D eigenvalue weighted by molar-refractivity contribution is 0.669. The summed E-state index contributed by atoms with van der Waals surface area (Å²) in [6.07, 6.45) is 0. The van der Waals surface area contributed by atoms with Crippen molar-refractivity contribution < 1.29 is 4.42 Å². The van der Waals surface area contributed by atoms with Crippen molar-refractivity contribution in [3.05, 3.63) is 194 Å². The number of fused-ring (bicyclic) bond motifs is 6. The summed E-state index contributed by atoms with van der Waals surface area (Å²) in [5.41, 5.74) is 12.2. The number of hydrogen-bond acceptors (Lipinski definition) is 4. The van der Waals surface area contributed by atoms with E-state index in [1.165, 1.54) is 5.39 Å². The maximum absolute atomic E-state index is 6.58. The van der Waals surface area contributed by atoms with E-state index in [-0.39, 0.29) is 0 Å². The second-order valence-electron chi connectivity index (χ2n) is 14.0. The van der Waals surface area contributed by atoms with Crippen LogP contribution >= 0.6 is 0 Å². The molecule has 56 heavy (non-hydrogen) atoms. The van der Waals surface area contributed by atoms with Gasteiger partial charge in [0.05, 0.1) is 22.1 Å². The fourth-order valence-electron chi connectivity index (χ4n) is 8.08. The van der Waals surface area contributed by atoms with Crippen molar-refractivity contribution in [2.24, 2.45) is 0 Å². The van der Waals surface area contributed by atoms with Crippen molar-refractivity contribution in [3.63, 3.8) is 0 Å². The molecule has 11 aromatic rings. The lowest BCUT2D eigenvalue weighted by atomic mass is 9.99. The Morgan fingerprint density at radius 3 is 1.62 bits per heavy atom. The van der Waals surface area contributed by atoms with Gasteiger partial charge in [-0.25, -0.2) is 15.0 Å². The van der Waals surface area contributed by atoms with Crippen molar-refractivity contribution in [2.45, 2.75) is 0 Å². The average Bonchev–Trinajstić information content (AvgIpc) is 3.83. The van der Waals surface area contributed by atoms with E-state index in [9.17, 15) is 0 Å². The first-order chi connectivity index (χ1) is 27.8. The molecule has 0 aliphatic heterocycles. The molecule has 0 N–H and O–H groups in total. The highest BCUT2D eigenvalue weighted by Crippen LogP contribution is 2.42. The van der Waals surface area contributed by atoms with Crippen LogP contribution in [0.1, 0.15) is 0 Å². The highest BCUT2D eigenvalue weighted by molar-refractivity contribution is 6.18. The monoisotopic (exact) mass is 716 g/mol. The van der Waals surface area contributed by atoms with Gasteiger partial charge in [-0.3, -0.25) is 0 Å². The molecule has 3 aromatic heterocycles. The van der Waals surface area contributed by atoms with Crippen LogP contribution in [0.3, 0.4) is 0 Å². The second kappa shape index (κ2) is 13.0. The van der Waals surface area contributed by atoms with Gasteiger partial charge < -0.3 is 8.98 Å². The molecule has 11 rings (SSSR count). The molecule has 0 amide bonds. The minimum Gasteiger partial charge on any atom is -0.456 e. The normalized spacial score (nSPS) is 11.6. The first kappa shape index (κ1) is 31.9. The van der Waals surface area contributed by atoms with E-state index in [4.69, 9.17) is 19.4 Å². The van der Waals surface area contributed by atoms with E-state index in [1.807, 2.05) is 36.4 Å². The van der Waals surface area contributed by atoms with Crippen molar-refractivity contribution in [3.8, 4) is 62.1 Å². The van der Waals surface area contributed by atoms with E-state index >= 15 is 0 Å². The molecule has 0 atom stereocenters. The van der Waals surface area contributed by atoms with Gasteiger partial charge >= 0.3 is 0 Å². The van der Waals surface area contributed by atoms with Crippen LogP contribution in [0.5, 0.6) is 0 Å². The third kappa shape index (κ3) is 5.29. The standard InChI is InChI=1S/C51H32N4O/c1-4-15-33(16-5-1)36-21-12-22-37(31-36)50-52-49(35-19-8-3-9-20-35)53-51(54-50)38-29-30-41-40-23-10-11-25-42(40)55(44(41)32-38)43-26-14-28-46-48(43)47-39(24-13-27-45(47)56-46)34-17-6-2-7-18-34/h1-32H. The topological polar surface area (TPSA) is 56.7 Å². The summed E-state index contributed by atoms with van der Waals surface area (Å²) in [6.45, 7) is 0. The molecule has 0 spiro atoms. The fraction of sp³-hybridized carbons (Fsp3) is 0. The summed E-state index contributed by atoms with van der Waals surface area (Å²) in [5, 5.41) is 4.48. The highest BCUT2D eigenvalue weighted by Gasteiger charge is 2.21.